The monoisotopic (exact) mass is 651 g/mol. The first-order chi connectivity index (χ1) is 21.8. The highest BCUT2D eigenvalue weighted by atomic mass is 16.5. The molecule has 5 fully saturated rings. The van der Waals surface area contributed by atoms with Crippen LogP contribution in [-0.4, -0.2) is 42.0 Å². The van der Waals surface area contributed by atoms with Crippen LogP contribution in [0.3, 0.4) is 0 Å². The number of allylic oxidation sites excluding steroid dienone is 2. The van der Waals surface area contributed by atoms with Crippen LogP contribution in [-0.2, 0) is 19.1 Å². The van der Waals surface area contributed by atoms with E-state index in [1.165, 1.54) is 44.1 Å². The summed E-state index contributed by atoms with van der Waals surface area (Å²) in [5.41, 5.74) is 2.00. The van der Waals surface area contributed by atoms with Crippen LogP contribution in [0.5, 0.6) is 0 Å². The number of hydrogen-bond acceptors (Lipinski definition) is 5. The van der Waals surface area contributed by atoms with Crippen molar-refractivity contribution in [1.29, 1.82) is 0 Å². The Hall–Kier alpha value is -1.69. The van der Waals surface area contributed by atoms with Gasteiger partial charge in [0.2, 0.25) is 0 Å². The molecule has 6 aliphatic carbocycles. The third-order valence-electron chi connectivity index (χ3n) is 15.9. The van der Waals surface area contributed by atoms with Gasteiger partial charge in [0, 0.05) is 17.3 Å². The Morgan fingerprint density at radius 2 is 1.62 bits per heavy atom. The van der Waals surface area contributed by atoms with Gasteiger partial charge in [-0.1, -0.05) is 54.0 Å². The quantitative estimate of drug-likeness (QED) is 0.181. The van der Waals surface area contributed by atoms with E-state index in [9.17, 15) is 19.5 Å². The molecule has 6 rings (SSSR count). The van der Waals surface area contributed by atoms with Crippen molar-refractivity contribution in [3.05, 3.63) is 11.1 Å². The number of ketones is 1. The predicted molar refractivity (Wildman–Crippen MR) is 186 cm³/mol. The highest BCUT2D eigenvalue weighted by Gasteiger charge is 2.70. The Labute approximate surface area is 285 Å². The molecule has 0 bridgehead atoms. The molecule has 0 aromatic rings. The fourth-order valence-corrected chi connectivity index (χ4v) is 12.8. The molecule has 0 radical (unpaired) electrons. The van der Waals surface area contributed by atoms with Crippen molar-refractivity contribution in [2.75, 3.05) is 13.1 Å². The molecule has 8 unspecified atom stereocenters. The van der Waals surface area contributed by atoms with E-state index in [2.05, 4.69) is 53.8 Å². The Bertz CT molecular complexity index is 1320. The molecule has 8 atom stereocenters. The second kappa shape index (κ2) is 11.7. The van der Waals surface area contributed by atoms with Crippen LogP contribution >= 0.6 is 0 Å². The number of carboxylic acids is 1. The average Bonchev–Trinajstić information content (AvgIpc) is 3.74. The van der Waals surface area contributed by atoms with Crippen LogP contribution in [0.1, 0.15) is 146 Å². The fraction of sp³-hybridized carbons (Fsp3) is 0.878. The predicted octanol–water partition coefficient (Wildman–Crippen LogP) is 8.77. The van der Waals surface area contributed by atoms with E-state index in [1.54, 1.807) is 19.4 Å². The van der Waals surface area contributed by atoms with Crippen molar-refractivity contribution < 1.29 is 24.2 Å². The first-order valence-electron chi connectivity index (χ1n) is 19.2. The number of carbonyl (C=O) groups excluding carboxylic acids is 2. The van der Waals surface area contributed by atoms with Gasteiger partial charge in [0.25, 0.3) is 0 Å². The van der Waals surface area contributed by atoms with E-state index >= 15 is 0 Å². The number of carboxylic acid groups (broad SMARTS) is 1. The summed E-state index contributed by atoms with van der Waals surface area (Å²) in [6.45, 7) is 22.3. The molecule has 0 aromatic carbocycles. The van der Waals surface area contributed by atoms with E-state index in [4.69, 9.17) is 4.74 Å². The topological polar surface area (TPSA) is 92.7 Å². The molecule has 6 aliphatic rings. The summed E-state index contributed by atoms with van der Waals surface area (Å²) in [7, 11) is 0. The summed E-state index contributed by atoms with van der Waals surface area (Å²) < 4.78 is 6.17. The number of esters is 1. The lowest BCUT2D eigenvalue weighted by atomic mass is 9.33. The van der Waals surface area contributed by atoms with Crippen molar-refractivity contribution in [2.24, 2.45) is 62.1 Å². The number of aliphatic carboxylic acids is 1. The molecule has 0 heterocycles. The SMILES string of the molecule is CC(C)C1=C2C3CCC4C5(C)CCC(OC(=O)CC(C)(C)C(=O)O)C(C)(C)C5CCC4(C)C3(C)CCC2(CCNCC2CC2)CC1=O. The smallest absolute Gasteiger partial charge is 0.309 e. The van der Waals surface area contributed by atoms with E-state index in [-0.39, 0.29) is 51.5 Å². The van der Waals surface area contributed by atoms with Gasteiger partial charge in [-0.25, -0.2) is 0 Å². The summed E-state index contributed by atoms with van der Waals surface area (Å²) in [4.78, 5) is 38.6. The number of nitrogens with one attached hydrogen (secondary N) is 1. The van der Waals surface area contributed by atoms with Gasteiger partial charge in [0.15, 0.2) is 5.78 Å². The molecule has 0 aromatic heterocycles. The molecule has 0 saturated heterocycles. The fourth-order valence-electron chi connectivity index (χ4n) is 12.8. The van der Waals surface area contributed by atoms with E-state index in [1.807, 2.05) is 0 Å². The number of ether oxygens (including phenoxy) is 1. The van der Waals surface area contributed by atoms with Crippen molar-refractivity contribution in [3.8, 4) is 0 Å². The van der Waals surface area contributed by atoms with Crippen molar-refractivity contribution in [3.63, 3.8) is 0 Å². The van der Waals surface area contributed by atoms with Crippen molar-refractivity contribution in [1.82, 2.24) is 5.32 Å². The lowest BCUT2D eigenvalue weighted by Crippen LogP contribution is -2.65. The van der Waals surface area contributed by atoms with Crippen molar-refractivity contribution >= 4 is 17.7 Å². The van der Waals surface area contributed by atoms with Crippen LogP contribution < -0.4 is 5.32 Å². The molecule has 0 aliphatic heterocycles. The third-order valence-corrected chi connectivity index (χ3v) is 15.9. The minimum Gasteiger partial charge on any atom is -0.481 e. The molecule has 264 valence electrons. The first kappa shape index (κ1) is 35.1. The van der Waals surface area contributed by atoms with Crippen LogP contribution in [0.4, 0.5) is 0 Å². The van der Waals surface area contributed by atoms with Gasteiger partial charge in [-0.2, -0.15) is 0 Å². The zero-order valence-corrected chi connectivity index (χ0v) is 31.2. The van der Waals surface area contributed by atoms with Crippen LogP contribution in [0.15, 0.2) is 11.1 Å². The minimum absolute atomic E-state index is 0.0425. The number of hydrogen-bond donors (Lipinski definition) is 2. The second-order valence-corrected chi connectivity index (χ2v) is 19.6. The lowest BCUT2D eigenvalue weighted by Gasteiger charge is -2.72. The zero-order chi connectivity index (χ0) is 34.4. The molecule has 0 amide bonds. The summed E-state index contributed by atoms with van der Waals surface area (Å²) in [5.74, 6) is 1.73. The summed E-state index contributed by atoms with van der Waals surface area (Å²) >= 11 is 0. The minimum atomic E-state index is -1.13. The van der Waals surface area contributed by atoms with Gasteiger partial charge in [0.1, 0.15) is 6.10 Å². The molecule has 2 N–H and O–H groups in total. The Morgan fingerprint density at radius 1 is 0.915 bits per heavy atom. The Kier molecular flexibility index (Phi) is 8.74. The number of fused-ring (bicyclic) bond motifs is 7. The van der Waals surface area contributed by atoms with E-state index in [0.717, 1.165) is 57.5 Å². The molecular formula is C41H65NO5. The largest absolute Gasteiger partial charge is 0.481 e. The standard InChI is InChI=1S/C41H65NO5/c1-25(2)33-28(43)22-41(20-21-42-24-26-10-11-26)19-18-39(8)27(34(33)41)12-13-30-38(7)16-15-31(47-32(44)23-36(3,4)35(45)46)37(5,6)29(38)14-17-40(30,39)9/h25-27,29-31,42H,10-24H2,1-9H3,(H,45,46). The van der Waals surface area contributed by atoms with Gasteiger partial charge in [0.05, 0.1) is 11.8 Å². The zero-order valence-electron chi connectivity index (χ0n) is 31.2. The molecule has 5 saturated carbocycles. The third kappa shape index (κ3) is 5.48. The van der Waals surface area contributed by atoms with Crippen molar-refractivity contribution in [2.45, 2.75) is 152 Å². The van der Waals surface area contributed by atoms with Crippen LogP contribution in [0.2, 0.25) is 0 Å². The van der Waals surface area contributed by atoms with Gasteiger partial charge >= 0.3 is 11.9 Å². The highest BCUT2D eigenvalue weighted by molar-refractivity contribution is 6.00. The second-order valence-electron chi connectivity index (χ2n) is 19.6. The van der Waals surface area contributed by atoms with Gasteiger partial charge in [-0.05, 0) is 149 Å². The first-order valence-corrected chi connectivity index (χ1v) is 19.2. The highest BCUT2D eigenvalue weighted by Crippen LogP contribution is 2.77. The number of Topliss-reactive ketones (excluding diaryl/α,β-unsaturated/α-hetero) is 1. The Morgan fingerprint density at radius 3 is 2.26 bits per heavy atom. The van der Waals surface area contributed by atoms with E-state index < -0.39 is 11.4 Å². The van der Waals surface area contributed by atoms with Crippen LogP contribution in [0.25, 0.3) is 0 Å². The van der Waals surface area contributed by atoms with Gasteiger partial charge < -0.3 is 15.2 Å². The number of rotatable bonds is 10. The summed E-state index contributed by atoms with van der Waals surface area (Å²) in [5, 5.41) is 13.4. The Balaban J connectivity index is 1.26. The van der Waals surface area contributed by atoms with Gasteiger partial charge in [-0.15, -0.1) is 0 Å². The lowest BCUT2D eigenvalue weighted by molar-refractivity contribution is -0.233. The molecule has 6 nitrogen and oxygen atoms in total. The molecule has 47 heavy (non-hydrogen) atoms. The summed E-state index contributed by atoms with van der Waals surface area (Å²) in [6.07, 6.45) is 13.2. The summed E-state index contributed by atoms with van der Waals surface area (Å²) in [6, 6.07) is 0. The maximum Gasteiger partial charge on any atom is 0.309 e. The van der Waals surface area contributed by atoms with Gasteiger partial charge in [-0.3, -0.25) is 14.4 Å². The molecular weight excluding hydrogens is 586 g/mol. The molecule has 0 spiro atoms. The number of carbonyl (C=O) groups is 3. The normalized spacial score (nSPS) is 41.2. The van der Waals surface area contributed by atoms with Crippen LogP contribution in [0, 0.1) is 62.1 Å². The molecule has 6 heteroatoms. The van der Waals surface area contributed by atoms with E-state index in [0.29, 0.717) is 23.5 Å². The average molecular weight is 652 g/mol. The maximum absolute atomic E-state index is 13.9. The maximum atomic E-state index is 13.9.